The van der Waals surface area contributed by atoms with E-state index < -0.39 is 197 Å². The second kappa shape index (κ2) is 45.2. The Morgan fingerprint density at radius 2 is 0.685 bits per heavy atom. The van der Waals surface area contributed by atoms with Gasteiger partial charge in [0.25, 0.3) is 17.7 Å². The number of likely N-dealkylation sites (N-methyl/N-ethyl adjacent to an activating group) is 1. The van der Waals surface area contributed by atoms with Crippen LogP contribution in [-0.2, 0) is 101 Å². The van der Waals surface area contributed by atoms with Crippen molar-refractivity contribution in [3.05, 3.63) is 270 Å². The average Bonchev–Trinajstić information content (AvgIpc) is 0.806. The van der Waals surface area contributed by atoms with E-state index in [1.807, 2.05) is 24.3 Å². The predicted octanol–water partition coefficient (Wildman–Crippen LogP) is 2.80. The first-order valence-electron chi connectivity index (χ1n) is 40.8. The van der Waals surface area contributed by atoms with Crippen molar-refractivity contribution in [1.82, 2.24) is 72.0 Å². The number of hydrogen-bond acceptors (Lipinski definition) is 28. The first-order chi connectivity index (χ1) is 60.8. The van der Waals surface area contributed by atoms with Gasteiger partial charge in [0.05, 0.1) is 54.2 Å². The lowest BCUT2D eigenvalue weighted by Gasteiger charge is -2.36. The van der Waals surface area contributed by atoms with Crippen molar-refractivity contribution >= 4 is 71.1 Å². The van der Waals surface area contributed by atoms with Crippen LogP contribution in [0.2, 0.25) is 0 Å². The summed E-state index contributed by atoms with van der Waals surface area (Å²) < 4.78 is 22.5. The van der Waals surface area contributed by atoms with E-state index >= 15 is 0 Å². The Kier molecular flexibility index (Phi) is 33.7. The zero-order valence-electron chi connectivity index (χ0n) is 70.3. The highest BCUT2D eigenvalue weighted by atomic mass is 16.6. The summed E-state index contributed by atoms with van der Waals surface area (Å²) in [6, 6.07) is 35.7. The van der Waals surface area contributed by atoms with Crippen molar-refractivity contribution in [3.63, 3.8) is 0 Å². The molecular formula is C91H100N14O22. The van der Waals surface area contributed by atoms with Crippen LogP contribution in [0.1, 0.15) is 106 Å². The van der Waals surface area contributed by atoms with Gasteiger partial charge < -0.3 is 91.7 Å². The van der Waals surface area contributed by atoms with Gasteiger partial charge in [-0.3, -0.25) is 58.1 Å². The summed E-state index contributed by atoms with van der Waals surface area (Å²) in [6.45, 7) is 8.69. The molecule has 127 heavy (non-hydrogen) atoms. The first-order valence-corrected chi connectivity index (χ1v) is 40.8. The molecule has 6 aromatic heterocycles. The molecule has 36 nitrogen and oxygen atoms in total. The number of pyridine rings is 6. The van der Waals surface area contributed by atoms with Gasteiger partial charge in [0.15, 0.2) is 17.1 Å². The van der Waals surface area contributed by atoms with Gasteiger partial charge in [0, 0.05) is 82.1 Å². The van der Waals surface area contributed by atoms with Gasteiger partial charge in [-0.05, 0) is 135 Å². The molecule has 3 aliphatic heterocycles. The first kappa shape index (κ1) is 94.7. The molecule has 8 amide bonds. The molecule has 12 rings (SSSR count). The maximum Gasteiger partial charge on any atom is 0.348 e. The zero-order valence-corrected chi connectivity index (χ0v) is 70.3. The van der Waals surface area contributed by atoms with Gasteiger partial charge >= 0.3 is 23.9 Å². The molecule has 3 saturated heterocycles. The van der Waals surface area contributed by atoms with Crippen LogP contribution in [0.4, 0.5) is 0 Å². The zero-order chi connectivity index (χ0) is 91.5. The summed E-state index contributed by atoms with van der Waals surface area (Å²) in [7, 11) is 1.47. The van der Waals surface area contributed by atoms with E-state index in [2.05, 4.69) is 67.1 Å². The van der Waals surface area contributed by atoms with Crippen molar-refractivity contribution in [3.8, 4) is 17.2 Å². The molecule has 0 saturated carbocycles. The van der Waals surface area contributed by atoms with Crippen LogP contribution >= 0.6 is 0 Å². The highest BCUT2D eigenvalue weighted by Crippen LogP contribution is 2.26. The van der Waals surface area contributed by atoms with Crippen molar-refractivity contribution < 1.29 is 107 Å². The predicted molar refractivity (Wildman–Crippen MR) is 452 cm³/mol. The van der Waals surface area contributed by atoms with Crippen molar-refractivity contribution in [1.29, 1.82) is 0 Å². The number of cyclic esters (lactones) is 4. The maximum atomic E-state index is 13.7. The van der Waals surface area contributed by atoms with Crippen molar-refractivity contribution in [2.24, 2.45) is 17.8 Å². The van der Waals surface area contributed by atoms with Crippen LogP contribution in [0.5, 0.6) is 17.2 Å². The topological polar surface area (TPSA) is 528 Å². The third-order valence-corrected chi connectivity index (χ3v) is 21.5. The third kappa shape index (κ3) is 26.0. The molecule has 0 radical (unpaired) electrons. The molecule has 0 bridgehead atoms. The Hall–Kier alpha value is -14.5. The molecule has 3 unspecified atom stereocenters. The molecule has 666 valence electrons. The fraction of sp³-hybridized carbons (Fsp3) is 0.341. The number of esters is 4. The summed E-state index contributed by atoms with van der Waals surface area (Å²) in [5.41, 5.74) is 3.23. The number of carbonyl (C=O) groups is 12. The molecule has 0 spiro atoms. The van der Waals surface area contributed by atoms with Gasteiger partial charge in [-0.15, -0.1) is 0 Å². The number of ether oxygens (including phenoxy) is 4. The standard InChI is InChI=1S/C31H35N5O7.C30H33N5O7.C30H32N4O8/c1-18-27(38)22(15-21-11-7-13-32-17-21)34-28(39)25(35-29(40)26-24(37)12-8-14-33-26)19(2)43-31(42)23(36(3)30(18)41)16-20-9-5-4-6-10-20;1-17-26(37)21(15-20-10-6-12-31-16-20)33-28(39)24(35-29(40)25-23(36)11-7-13-32-25)18(2)42-30(41)22(34-27(17)38)14-19-8-4-3-5-9-19;1-17-26(36)21(14-20-10-6-12-31-16-20)33-27(37)24(34-28(38)25-22(35)11-7-13-32-25)18(2)41-30(40)23(42-29(17)39)15-19-8-4-3-5-9-19/h4-14,17-19,22-23,25,27,37-38H,15-16H2,1-3H3,(H,34,39)(H,35,40);3-13,16-18,21-22,24,26,36-37H,14-15H2,1-2H3,(H,33,39)(H,34,38)(H,35,40);3-13,16-18,21,23-24,26,35-36H,14-15H2,1-2H3,(H,33,37)(H,34,38)/t18-,19-,22+,23?,25+,27+;17-,18-,21+,22?,24+,26+;17-,18-,21+,23?,24+,26+/m111/s1. The van der Waals surface area contributed by atoms with E-state index in [1.165, 1.54) is 108 Å². The summed E-state index contributed by atoms with van der Waals surface area (Å²) in [5.74, 6) is -14.0. The van der Waals surface area contributed by atoms with E-state index in [4.69, 9.17) is 18.9 Å². The highest BCUT2D eigenvalue weighted by Gasteiger charge is 2.45. The van der Waals surface area contributed by atoms with Crippen LogP contribution < -0.4 is 37.2 Å². The molecule has 9 heterocycles. The summed E-state index contributed by atoms with van der Waals surface area (Å²) in [6.07, 6.45) is 4.53. The van der Waals surface area contributed by atoms with Crippen LogP contribution in [0, 0.1) is 17.8 Å². The quantitative estimate of drug-likeness (QED) is 0.0434. The minimum absolute atomic E-state index is 0.0227. The fourth-order valence-corrected chi connectivity index (χ4v) is 14.2. The van der Waals surface area contributed by atoms with E-state index in [1.54, 1.807) is 140 Å². The lowest BCUT2D eigenvalue weighted by Crippen LogP contribution is -2.61. The number of aliphatic hydroxyl groups excluding tert-OH is 3. The lowest BCUT2D eigenvalue weighted by atomic mass is 9.91. The Balaban J connectivity index is 0.000000199. The molecule has 13 N–H and O–H groups in total. The number of rotatable bonds is 18. The largest absolute Gasteiger partial charge is 0.505 e. The van der Waals surface area contributed by atoms with Gasteiger partial charge in [-0.25, -0.2) is 29.3 Å². The van der Waals surface area contributed by atoms with E-state index in [0.29, 0.717) is 22.3 Å². The highest BCUT2D eigenvalue weighted by molar-refractivity contribution is 6.01. The van der Waals surface area contributed by atoms with Gasteiger partial charge in [0.1, 0.15) is 65.8 Å². The summed E-state index contributed by atoms with van der Waals surface area (Å²) >= 11 is 0. The second-order valence-corrected chi connectivity index (χ2v) is 30.8. The summed E-state index contributed by atoms with van der Waals surface area (Å²) in [5, 5.41) is 82.8. The normalized spacial score (nSPS) is 25.1. The number of carbonyl (C=O) groups excluding carboxylic acids is 12. The molecule has 3 fully saturated rings. The number of aromatic nitrogens is 6. The minimum atomic E-state index is -1.48. The Labute approximate surface area is 730 Å². The van der Waals surface area contributed by atoms with Crippen molar-refractivity contribution in [2.75, 3.05) is 7.05 Å². The van der Waals surface area contributed by atoms with E-state index in [9.17, 15) is 88.2 Å². The van der Waals surface area contributed by atoms with Gasteiger partial charge in [-0.1, -0.05) is 123 Å². The van der Waals surface area contributed by atoms with Crippen molar-refractivity contribution in [2.45, 2.75) is 171 Å². The van der Waals surface area contributed by atoms with E-state index in [0.717, 1.165) is 11.1 Å². The SMILES string of the molecule is C[C@H]1OC(=O)C(Cc2ccccc2)N(C)C(=O)[C@H](C)[C@H](O)[C@H](Cc2cccnc2)NC(=O)[C@H]1NC(=O)c1ncccc1O.C[C@H]1OC(=O)C(Cc2ccccc2)NC(=O)[C@H](C)[C@H](O)[C@H](Cc2cccnc2)NC(=O)[C@H]1NC(=O)c1ncccc1O.C[C@H]1OC(=O)C(Cc2ccccc2)OC(=O)[C@H](C)[C@H](O)[C@H](Cc2cccnc2)NC(=O)[C@H]1NC(=O)c1ncccc1O. The average molecular weight is 1740 g/mol. The molecule has 3 aliphatic rings. The molecule has 9 aromatic rings. The molecule has 3 aromatic carbocycles. The van der Waals surface area contributed by atoms with Crippen LogP contribution in [-0.4, -0.2) is 235 Å². The number of aromatic hydroxyl groups is 3. The Morgan fingerprint density at radius 3 is 1.06 bits per heavy atom. The molecule has 0 aliphatic carbocycles. The van der Waals surface area contributed by atoms with Gasteiger partial charge in [0.2, 0.25) is 35.6 Å². The molecular weight excluding hydrogens is 1640 g/mol. The smallest absolute Gasteiger partial charge is 0.348 e. The number of aliphatic hydroxyl groups is 3. The molecule has 36 heteroatoms. The fourth-order valence-electron chi connectivity index (χ4n) is 14.2. The Bertz CT molecular complexity index is 5060. The number of benzene rings is 3. The van der Waals surface area contributed by atoms with Crippen LogP contribution in [0.15, 0.2) is 220 Å². The van der Waals surface area contributed by atoms with E-state index in [-0.39, 0.29) is 55.6 Å². The molecule has 18 atom stereocenters. The second-order valence-electron chi connectivity index (χ2n) is 30.8. The Morgan fingerprint density at radius 1 is 0.354 bits per heavy atom. The van der Waals surface area contributed by atoms with Gasteiger partial charge in [-0.2, -0.15) is 0 Å². The minimum Gasteiger partial charge on any atom is -0.505 e. The number of nitrogens with one attached hydrogen (secondary N) is 7. The third-order valence-electron chi connectivity index (χ3n) is 21.5. The van der Waals surface area contributed by atoms with Crippen LogP contribution in [0.3, 0.4) is 0 Å². The monoisotopic (exact) mass is 1740 g/mol. The number of hydrogen-bond donors (Lipinski definition) is 13. The maximum absolute atomic E-state index is 13.7. The number of nitrogens with zero attached hydrogens (tertiary/aromatic N) is 7. The lowest BCUT2D eigenvalue weighted by molar-refractivity contribution is -0.177. The number of amides is 8. The van der Waals surface area contributed by atoms with Crippen LogP contribution in [0.25, 0.3) is 0 Å². The summed E-state index contributed by atoms with van der Waals surface area (Å²) in [4.78, 5) is 186.